The van der Waals surface area contributed by atoms with Crippen molar-refractivity contribution >= 4 is 33.5 Å². The monoisotopic (exact) mass is 403 g/mol. The third kappa shape index (κ3) is 3.89. The van der Waals surface area contributed by atoms with E-state index in [0.717, 1.165) is 30.8 Å². The molecule has 3 amide bonds. The molecule has 4 heterocycles. The summed E-state index contributed by atoms with van der Waals surface area (Å²) in [6.45, 7) is 4.25. The van der Waals surface area contributed by atoms with E-state index in [2.05, 4.69) is 4.98 Å². The minimum absolute atomic E-state index is 0.0161. The molecule has 2 saturated heterocycles. The molecule has 28 heavy (non-hydrogen) atoms. The van der Waals surface area contributed by atoms with Crippen molar-refractivity contribution < 1.29 is 9.59 Å². The summed E-state index contributed by atoms with van der Waals surface area (Å²) in [7, 11) is 0. The summed E-state index contributed by atoms with van der Waals surface area (Å²) in [5.41, 5.74) is -0.101. The van der Waals surface area contributed by atoms with Crippen molar-refractivity contribution in [2.75, 3.05) is 39.3 Å². The summed E-state index contributed by atoms with van der Waals surface area (Å²) in [6, 6.07) is 1.88. The Morgan fingerprint density at radius 1 is 0.964 bits per heavy atom. The van der Waals surface area contributed by atoms with Crippen LogP contribution in [0, 0.1) is 0 Å². The lowest BCUT2D eigenvalue weighted by Crippen LogP contribution is -2.54. The van der Waals surface area contributed by atoms with Crippen LogP contribution in [0.5, 0.6) is 0 Å². The number of carbonyl (C=O) groups is 2. The van der Waals surface area contributed by atoms with Crippen LogP contribution >= 0.6 is 11.3 Å². The zero-order valence-electron chi connectivity index (χ0n) is 15.9. The standard InChI is InChI=1S/C19H25N5O3S/c25-16(4-8-24-14-20-17-15(18(24)26)5-13-28-17)21-9-11-23(12-10-21)19(27)22-6-2-1-3-7-22/h5,13-14H,1-4,6-12H2. The van der Waals surface area contributed by atoms with Gasteiger partial charge in [-0.15, -0.1) is 11.3 Å². The number of fused-ring (bicyclic) bond motifs is 1. The Kier molecular flexibility index (Phi) is 5.61. The second-order valence-corrected chi connectivity index (χ2v) is 8.23. The van der Waals surface area contributed by atoms with Gasteiger partial charge in [0.2, 0.25) is 5.91 Å². The van der Waals surface area contributed by atoms with Gasteiger partial charge in [0.05, 0.1) is 11.7 Å². The second-order valence-electron chi connectivity index (χ2n) is 7.33. The maximum Gasteiger partial charge on any atom is 0.320 e. The largest absolute Gasteiger partial charge is 0.339 e. The van der Waals surface area contributed by atoms with Crippen molar-refractivity contribution in [2.24, 2.45) is 0 Å². The average Bonchev–Trinajstić information content (AvgIpc) is 3.23. The number of amides is 3. The maximum atomic E-state index is 12.6. The van der Waals surface area contributed by atoms with Crippen LogP contribution in [0.4, 0.5) is 4.79 Å². The first-order chi connectivity index (χ1) is 13.6. The zero-order chi connectivity index (χ0) is 19.5. The van der Waals surface area contributed by atoms with Crippen LogP contribution in [0.1, 0.15) is 25.7 Å². The van der Waals surface area contributed by atoms with E-state index in [-0.39, 0.29) is 23.9 Å². The van der Waals surface area contributed by atoms with E-state index < -0.39 is 0 Å². The van der Waals surface area contributed by atoms with Crippen molar-refractivity contribution in [3.63, 3.8) is 0 Å². The molecule has 0 aliphatic carbocycles. The van der Waals surface area contributed by atoms with Crippen molar-refractivity contribution in [1.29, 1.82) is 0 Å². The lowest BCUT2D eigenvalue weighted by Gasteiger charge is -2.38. The van der Waals surface area contributed by atoms with E-state index in [4.69, 9.17) is 0 Å². The number of piperazine rings is 1. The number of rotatable bonds is 3. The predicted octanol–water partition coefficient (Wildman–Crippen LogP) is 1.60. The van der Waals surface area contributed by atoms with Gasteiger partial charge >= 0.3 is 6.03 Å². The van der Waals surface area contributed by atoms with E-state index in [1.165, 1.54) is 28.7 Å². The molecule has 2 aliphatic heterocycles. The quantitative estimate of drug-likeness (QED) is 0.780. The van der Waals surface area contributed by atoms with Gasteiger partial charge in [-0.3, -0.25) is 14.2 Å². The van der Waals surface area contributed by atoms with Gasteiger partial charge in [-0.2, -0.15) is 0 Å². The number of piperidine rings is 1. The summed E-state index contributed by atoms with van der Waals surface area (Å²) in [5, 5.41) is 2.45. The summed E-state index contributed by atoms with van der Waals surface area (Å²) < 4.78 is 1.50. The molecule has 2 aliphatic rings. The van der Waals surface area contributed by atoms with Gasteiger partial charge < -0.3 is 14.7 Å². The molecule has 9 heteroatoms. The molecule has 0 unspecified atom stereocenters. The SMILES string of the molecule is O=C(CCn1cnc2sccc2c1=O)N1CCN(C(=O)N2CCCCC2)CC1. The van der Waals surface area contributed by atoms with Gasteiger partial charge in [0.25, 0.3) is 5.56 Å². The molecule has 4 rings (SSSR count). The predicted molar refractivity (Wildman–Crippen MR) is 107 cm³/mol. The first-order valence-electron chi connectivity index (χ1n) is 9.88. The fourth-order valence-electron chi connectivity index (χ4n) is 3.86. The summed E-state index contributed by atoms with van der Waals surface area (Å²) in [5.74, 6) is 0.0161. The van der Waals surface area contributed by atoms with E-state index >= 15 is 0 Å². The Morgan fingerprint density at radius 2 is 1.64 bits per heavy atom. The molecule has 8 nitrogen and oxygen atoms in total. The first-order valence-corrected chi connectivity index (χ1v) is 10.8. The van der Waals surface area contributed by atoms with Crippen molar-refractivity contribution in [2.45, 2.75) is 32.2 Å². The Hall–Kier alpha value is -2.42. The van der Waals surface area contributed by atoms with E-state index in [0.29, 0.717) is 38.1 Å². The molecule has 0 N–H and O–H groups in total. The van der Waals surface area contributed by atoms with Crippen molar-refractivity contribution in [3.05, 3.63) is 28.1 Å². The third-order valence-corrected chi connectivity index (χ3v) is 6.37. The van der Waals surface area contributed by atoms with E-state index in [1.807, 2.05) is 15.2 Å². The van der Waals surface area contributed by atoms with Gasteiger partial charge in [0.15, 0.2) is 0 Å². The lowest BCUT2D eigenvalue weighted by atomic mass is 10.1. The Balaban J connectivity index is 1.28. The zero-order valence-corrected chi connectivity index (χ0v) is 16.7. The summed E-state index contributed by atoms with van der Waals surface area (Å²) in [6.07, 6.45) is 5.14. The first kappa shape index (κ1) is 18.9. The molecular weight excluding hydrogens is 378 g/mol. The topological polar surface area (TPSA) is 78.8 Å². The summed E-state index contributed by atoms with van der Waals surface area (Å²) in [4.78, 5) is 48.1. The van der Waals surface area contributed by atoms with E-state index in [9.17, 15) is 14.4 Å². The highest BCUT2D eigenvalue weighted by Gasteiger charge is 2.27. The van der Waals surface area contributed by atoms with Crippen LogP contribution in [-0.4, -0.2) is 75.5 Å². The van der Waals surface area contributed by atoms with Crippen LogP contribution in [-0.2, 0) is 11.3 Å². The number of aryl methyl sites for hydroxylation is 1. The van der Waals surface area contributed by atoms with Crippen molar-refractivity contribution in [3.8, 4) is 0 Å². The summed E-state index contributed by atoms with van der Waals surface area (Å²) >= 11 is 1.43. The molecular formula is C19H25N5O3S. The average molecular weight is 404 g/mol. The van der Waals surface area contributed by atoms with Crippen molar-refractivity contribution in [1.82, 2.24) is 24.3 Å². The lowest BCUT2D eigenvalue weighted by molar-refractivity contribution is -0.132. The molecule has 0 spiro atoms. The highest BCUT2D eigenvalue weighted by atomic mass is 32.1. The third-order valence-electron chi connectivity index (χ3n) is 5.55. The number of thiophene rings is 1. The number of urea groups is 1. The fraction of sp³-hybridized carbons (Fsp3) is 0.579. The molecule has 0 atom stereocenters. The van der Waals surface area contributed by atoms with Crippen LogP contribution in [0.2, 0.25) is 0 Å². The van der Waals surface area contributed by atoms with Crippen LogP contribution in [0.25, 0.3) is 10.2 Å². The van der Waals surface area contributed by atoms with Crippen LogP contribution in [0.15, 0.2) is 22.6 Å². The fourth-order valence-corrected chi connectivity index (χ4v) is 4.58. The molecule has 150 valence electrons. The molecule has 2 aromatic heterocycles. The minimum Gasteiger partial charge on any atom is -0.339 e. The van der Waals surface area contributed by atoms with Crippen LogP contribution < -0.4 is 5.56 Å². The number of likely N-dealkylation sites (tertiary alicyclic amines) is 1. The number of carbonyl (C=O) groups excluding carboxylic acids is 2. The number of aromatic nitrogens is 2. The number of hydrogen-bond donors (Lipinski definition) is 0. The molecule has 2 fully saturated rings. The number of nitrogens with zero attached hydrogens (tertiary/aromatic N) is 5. The molecule has 0 aromatic carbocycles. The highest BCUT2D eigenvalue weighted by Crippen LogP contribution is 2.15. The molecule has 0 bridgehead atoms. The second kappa shape index (κ2) is 8.30. The number of hydrogen-bond acceptors (Lipinski definition) is 5. The minimum atomic E-state index is -0.101. The Bertz CT molecular complexity index is 910. The van der Waals surface area contributed by atoms with Gasteiger partial charge in [0, 0.05) is 52.2 Å². The van der Waals surface area contributed by atoms with Crippen LogP contribution in [0.3, 0.4) is 0 Å². The Morgan fingerprint density at radius 3 is 2.39 bits per heavy atom. The molecule has 0 radical (unpaired) electrons. The normalized spacial score (nSPS) is 17.9. The maximum absolute atomic E-state index is 12.6. The van der Waals surface area contributed by atoms with Gasteiger partial charge in [-0.05, 0) is 30.7 Å². The van der Waals surface area contributed by atoms with Gasteiger partial charge in [-0.1, -0.05) is 0 Å². The highest BCUT2D eigenvalue weighted by molar-refractivity contribution is 7.16. The van der Waals surface area contributed by atoms with E-state index in [1.54, 1.807) is 11.0 Å². The molecule has 2 aromatic rings. The Labute approximate surface area is 167 Å². The van der Waals surface area contributed by atoms with Gasteiger partial charge in [0.1, 0.15) is 4.83 Å². The molecule has 0 saturated carbocycles. The van der Waals surface area contributed by atoms with Gasteiger partial charge in [-0.25, -0.2) is 9.78 Å². The smallest absolute Gasteiger partial charge is 0.320 e.